The summed E-state index contributed by atoms with van der Waals surface area (Å²) in [5.74, 6) is -1.88. The molecular formula is C27H28F8N2O5S. The normalized spacial score (nSPS) is 16.1. The second-order valence-electron chi connectivity index (χ2n) is 9.00. The maximum Gasteiger partial charge on any atom is 0.408 e. The standard InChI is InChI=1S/C15H13F5N2O4S.C12H15F3O/c1-27(25)22-13(24)11-9(6-10(15(18,19)20)21-12(11)23)7-2-4-8(5-3-7)26-14(16)17;13-12(14,15)9-5-2-6-10-16-11-7-3-1-4-8-11/h2-5,10,14H,6H2,1H3,(H,21,23)(H,22,24);1,3-4,7-8H,2,5-6,9-10H2. The summed E-state index contributed by atoms with van der Waals surface area (Å²) >= 11 is 0. The number of hydrogen-bond acceptors (Lipinski definition) is 5. The largest absolute Gasteiger partial charge is 0.494 e. The monoisotopic (exact) mass is 644 g/mol. The van der Waals surface area contributed by atoms with Crippen LogP contribution in [0.15, 0.2) is 60.2 Å². The molecule has 2 unspecified atom stereocenters. The molecule has 0 saturated carbocycles. The first kappa shape index (κ1) is 35.5. The minimum Gasteiger partial charge on any atom is -0.494 e. The third-order valence-corrected chi connectivity index (χ3v) is 6.12. The van der Waals surface area contributed by atoms with Crippen molar-refractivity contribution < 1.29 is 58.4 Å². The van der Waals surface area contributed by atoms with Gasteiger partial charge in [-0.15, -0.1) is 0 Å². The van der Waals surface area contributed by atoms with Crippen LogP contribution >= 0.6 is 0 Å². The van der Waals surface area contributed by atoms with E-state index in [1.807, 2.05) is 35.1 Å². The zero-order chi connectivity index (χ0) is 32.2. The van der Waals surface area contributed by atoms with Crippen LogP contribution < -0.4 is 19.5 Å². The van der Waals surface area contributed by atoms with Gasteiger partial charge in [0.05, 0.1) is 6.61 Å². The van der Waals surface area contributed by atoms with Gasteiger partial charge in [-0.2, -0.15) is 35.1 Å². The summed E-state index contributed by atoms with van der Waals surface area (Å²) in [6.45, 7) is -2.62. The van der Waals surface area contributed by atoms with E-state index < -0.39 is 66.2 Å². The molecule has 238 valence electrons. The lowest BCUT2D eigenvalue weighted by atomic mass is 9.89. The van der Waals surface area contributed by atoms with Gasteiger partial charge >= 0.3 is 19.0 Å². The van der Waals surface area contributed by atoms with Crippen LogP contribution in [0.5, 0.6) is 11.5 Å². The Kier molecular flexibility index (Phi) is 13.4. The first-order valence-corrected chi connectivity index (χ1v) is 14.2. The topological polar surface area (TPSA) is 93.7 Å². The summed E-state index contributed by atoms with van der Waals surface area (Å²) in [6.07, 6.45) is -7.76. The summed E-state index contributed by atoms with van der Waals surface area (Å²) in [5, 5.41) is 1.69. The molecule has 1 aliphatic rings. The Balaban J connectivity index is 0.000000344. The Hall–Kier alpha value is -3.69. The molecule has 1 aliphatic heterocycles. The van der Waals surface area contributed by atoms with Crippen LogP contribution in [-0.4, -0.2) is 53.9 Å². The average molecular weight is 645 g/mol. The molecule has 0 bridgehead atoms. The van der Waals surface area contributed by atoms with E-state index in [-0.39, 0.29) is 23.3 Å². The van der Waals surface area contributed by atoms with Gasteiger partial charge in [0.15, 0.2) is 0 Å². The van der Waals surface area contributed by atoms with Crippen LogP contribution in [0.1, 0.15) is 37.7 Å². The molecule has 2 aromatic carbocycles. The van der Waals surface area contributed by atoms with Gasteiger partial charge in [-0.3, -0.25) is 14.3 Å². The van der Waals surface area contributed by atoms with Crippen LogP contribution in [0.4, 0.5) is 35.1 Å². The molecule has 3 rings (SSSR count). The fourth-order valence-electron chi connectivity index (χ4n) is 3.75. The lowest BCUT2D eigenvalue weighted by Crippen LogP contribution is -2.51. The number of ether oxygens (including phenoxy) is 2. The highest BCUT2D eigenvalue weighted by atomic mass is 32.2. The van der Waals surface area contributed by atoms with Crippen LogP contribution in [0.2, 0.25) is 0 Å². The molecular weight excluding hydrogens is 616 g/mol. The molecule has 0 saturated heterocycles. The zero-order valence-electron chi connectivity index (χ0n) is 22.6. The Morgan fingerprint density at radius 1 is 0.977 bits per heavy atom. The van der Waals surface area contributed by atoms with Gasteiger partial charge in [0.25, 0.3) is 11.8 Å². The van der Waals surface area contributed by atoms with E-state index in [4.69, 9.17) is 4.74 Å². The Morgan fingerprint density at radius 3 is 2.14 bits per heavy atom. The number of hydrogen-bond donors (Lipinski definition) is 2. The third-order valence-electron chi connectivity index (χ3n) is 5.65. The van der Waals surface area contributed by atoms with Crippen LogP contribution in [-0.2, 0) is 20.6 Å². The Bertz CT molecular complexity index is 1250. The van der Waals surface area contributed by atoms with Crippen LogP contribution in [0, 0.1) is 0 Å². The van der Waals surface area contributed by atoms with E-state index in [1.165, 1.54) is 0 Å². The molecule has 0 aromatic heterocycles. The molecule has 2 atom stereocenters. The summed E-state index contributed by atoms with van der Waals surface area (Å²) in [5.41, 5.74) is -0.853. The van der Waals surface area contributed by atoms with Crippen LogP contribution in [0.25, 0.3) is 5.57 Å². The summed E-state index contributed by atoms with van der Waals surface area (Å²) in [6, 6.07) is 11.5. The molecule has 2 N–H and O–H groups in total. The van der Waals surface area contributed by atoms with Gasteiger partial charge in [0, 0.05) is 19.1 Å². The van der Waals surface area contributed by atoms with Crippen LogP contribution in [0.3, 0.4) is 0 Å². The van der Waals surface area contributed by atoms with Crippen molar-refractivity contribution in [1.29, 1.82) is 0 Å². The minimum atomic E-state index is -4.77. The number of para-hydroxylation sites is 1. The van der Waals surface area contributed by atoms with E-state index in [0.717, 1.165) is 36.3 Å². The molecule has 0 fully saturated rings. The predicted molar refractivity (Wildman–Crippen MR) is 141 cm³/mol. The first-order chi connectivity index (χ1) is 20.1. The lowest BCUT2D eigenvalue weighted by molar-refractivity contribution is -0.160. The fourth-order valence-corrected chi connectivity index (χ4v) is 4.12. The highest BCUT2D eigenvalue weighted by Crippen LogP contribution is 2.35. The zero-order valence-corrected chi connectivity index (χ0v) is 23.4. The number of carbonyl (C=O) groups is 2. The Morgan fingerprint density at radius 2 is 1.60 bits per heavy atom. The van der Waals surface area contributed by atoms with E-state index in [2.05, 4.69) is 4.74 Å². The highest BCUT2D eigenvalue weighted by molar-refractivity contribution is 7.82. The summed E-state index contributed by atoms with van der Waals surface area (Å²) < 4.78 is 122. The second-order valence-corrected chi connectivity index (χ2v) is 10.1. The first-order valence-electron chi connectivity index (χ1n) is 12.6. The SMILES string of the molecule is CS(=O)NC(=O)C1=C(c2ccc(OC(F)F)cc2)CC(C(F)(F)F)NC1=O.FC(F)(F)CCCCCOc1ccccc1. The maximum atomic E-state index is 13.1. The smallest absolute Gasteiger partial charge is 0.408 e. The number of benzene rings is 2. The number of nitrogens with one attached hydrogen (secondary N) is 2. The van der Waals surface area contributed by atoms with E-state index >= 15 is 0 Å². The maximum absolute atomic E-state index is 13.1. The number of amides is 2. The lowest BCUT2D eigenvalue weighted by Gasteiger charge is -2.29. The summed E-state index contributed by atoms with van der Waals surface area (Å²) in [4.78, 5) is 24.3. The van der Waals surface area contributed by atoms with Gasteiger partial charge in [-0.1, -0.05) is 30.3 Å². The average Bonchev–Trinajstić information content (AvgIpc) is 2.89. The van der Waals surface area contributed by atoms with E-state index in [1.54, 1.807) is 5.32 Å². The fraction of sp³-hybridized carbons (Fsp3) is 0.407. The highest BCUT2D eigenvalue weighted by Gasteiger charge is 2.45. The number of unbranched alkanes of at least 4 members (excludes halogenated alkanes) is 2. The van der Waals surface area contributed by atoms with Gasteiger partial charge in [-0.05, 0) is 54.7 Å². The molecule has 43 heavy (non-hydrogen) atoms. The summed E-state index contributed by atoms with van der Waals surface area (Å²) in [7, 11) is -1.86. The molecule has 7 nitrogen and oxygen atoms in total. The third kappa shape index (κ3) is 13.0. The van der Waals surface area contributed by atoms with Crippen molar-refractivity contribution >= 4 is 28.4 Å². The van der Waals surface area contributed by atoms with Gasteiger partial charge in [0.2, 0.25) is 0 Å². The predicted octanol–water partition coefficient (Wildman–Crippen LogP) is 6.09. The van der Waals surface area contributed by atoms with Gasteiger partial charge < -0.3 is 14.8 Å². The molecule has 0 radical (unpaired) electrons. The molecule has 2 aromatic rings. The van der Waals surface area contributed by atoms with Crippen molar-refractivity contribution in [2.24, 2.45) is 0 Å². The van der Waals surface area contributed by atoms with Gasteiger partial charge in [-0.25, -0.2) is 4.21 Å². The quantitative estimate of drug-likeness (QED) is 0.176. The van der Waals surface area contributed by atoms with Crippen molar-refractivity contribution in [1.82, 2.24) is 10.0 Å². The number of halogens is 8. The van der Waals surface area contributed by atoms with E-state index in [9.17, 15) is 48.9 Å². The van der Waals surface area contributed by atoms with Crippen molar-refractivity contribution in [2.75, 3.05) is 12.9 Å². The number of alkyl halides is 8. The van der Waals surface area contributed by atoms with Crippen molar-refractivity contribution in [3.8, 4) is 11.5 Å². The van der Waals surface area contributed by atoms with E-state index in [0.29, 0.717) is 19.4 Å². The number of carbonyl (C=O) groups excluding carboxylic acids is 2. The van der Waals surface area contributed by atoms with Crippen molar-refractivity contribution in [2.45, 2.75) is 57.1 Å². The molecule has 0 aliphatic carbocycles. The second kappa shape index (κ2) is 16.2. The number of rotatable bonds is 11. The van der Waals surface area contributed by atoms with Crippen molar-refractivity contribution in [3.63, 3.8) is 0 Å². The molecule has 1 heterocycles. The van der Waals surface area contributed by atoms with Crippen molar-refractivity contribution in [3.05, 3.63) is 65.7 Å². The molecule has 2 amide bonds. The molecule has 0 spiro atoms. The Labute approximate surface area is 244 Å². The van der Waals surface area contributed by atoms with Gasteiger partial charge in [0.1, 0.15) is 34.1 Å². The molecule has 16 heteroatoms. The minimum absolute atomic E-state index is 0.0350.